The summed E-state index contributed by atoms with van der Waals surface area (Å²) in [6.07, 6.45) is 0. The van der Waals surface area contributed by atoms with Crippen molar-refractivity contribution >= 4 is 35.0 Å². The minimum absolute atomic E-state index is 0.364. The Morgan fingerprint density at radius 3 is 1.04 bits per heavy atom. The average Bonchev–Trinajstić information content (AvgIpc) is 3.88. The van der Waals surface area contributed by atoms with E-state index in [1.165, 1.54) is 52.5 Å². The highest BCUT2D eigenvalue weighted by Gasteiger charge is 2.74. The third kappa shape index (κ3) is 5.01. The monoisotopic (exact) mass is 734 g/mol. The molecule has 0 N–H and O–H groups in total. The third-order valence-corrected chi connectivity index (χ3v) is 10.9. The lowest BCUT2D eigenvalue weighted by Gasteiger charge is -2.36. The van der Waals surface area contributed by atoms with Crippen molar-refractivity contribution in [2.45, 2.75) is 24.2 Å². The summed E-state index contributed by atoms with van der Waals surface area (Å²) in [5.74, 6) is -1.07. The van der Waals surface area contributed by atoms with Gasteiger partial charge in [0.25, 0.3) is 11.8 Å². The standard InChI is InChI=1S/C40H38N4O10/c1-49-23-11-7-21(8-12-23)41-37(45)31-33(27-17-15-25(51-3)19-29(27)53-5)44-36-32(38(46)42(40(36)48)22-9-13-24(50-2)14-10-22)34(43(44)35(31)39(41)47)28-18-16-26(52-4)20-30(28)54-6/h7-20,31-36H,1-6H3. The summed E-state index contributed by atoms with van der Waals surface area (Å²) in [6, 6.07) is 19.6. The smallest absolute Gasteiger partial charge is 0.253 e. The van der Waals surface area contributed by atoms with Gasteiger partial charge in [-0.25, -0.2) is 19.8 Å². The first-order valence-corrected chi connectivity index (χ1v) is 17.2. The number of carbonyl (C=O) groups is 4. The zero-order valence-corrected chi connectivity index (χ0v) is 30.4. The van der Waals surface area contributed by atoms with Gasteiger partial charge >= 0.3 is 0 Å². The van der Waals surface area contributed by atoms with Gasteiger partial charge in [-0.2, -0.15) is 0 Å². The second kappa shape index (κ2) is 13.4. The minimum Gasteiger partial charge on any atom is -0.497 e. The Kier molecular flexibility index (Phi) is 8.66. The van der Waals surface area contributed by atoms with Gasteiger partial charge in [-0.3, -0.25) is 19.2 Å². The molecular weight excluding hydrogens is 696 g/mol. The van der Waals surface area contributed by atoms with Crippen LogP contribution in [-0.4, -0.2) is 88.4 Å². The molecule has 4 aromatic carbocycles. The normalized spacial score (nSPS) is 24.8. The van der Waals surface area contributed by atoms with Crippen LogP contribution in [0.3, 0.4) is 0 Å². The Morgan fingerprint density at radius 1 is 0.389 bits per heavy atom. The summed E-state index contributed by atoms with van der Waals surface area (Å²) in [6.45, 7) is 0. The number of ether oxygens (including phenoxy) is 6. The Labute approximate surface area is 311 Å². The molecule has 6 unspecified atom stereocenters. The molecule has 4 aromatic rings. The number of rotatable bonds is 10. The lowest BCUT2D eigenvalue weighted by atomic mass is 9.83. The number of fused-ring (bicyclic) bond motifs is 5. The topological polar surface area (TPSA) is 137 Å². The zero-order chi connectivity index (χ0) is 38.0. The molecule has 4 saturated heterocycles. The quantitative estimate of drug-likeness (QED) is 0.216. The van der Waals surface area contributed by atoms with Gasteiger partial charge in [0, 0.05) is 23.3 Å². The first kappa shape index (κ1) is 34.9. The van der Waals surface area contributed by atoms with Gasteiger partial charge < -0.3 is 28.4 Å². The number of hydrogen-bond donors (Lipinski definition) is 0. The second-order valence-corrected chi connectivity index (χ2v) is 13.2. The number of anilines is 2. The highest BCUT2D eigenvalue weighted by Crippen LogP contribution is 2.61. The molecule has 14 heteroatoms. The van der Waals surface area contributed by atoms with E-state index in [4.69, 9.17) is 28.4 Å². The molecule has 0 aliphatic carbocycles. The van der Waals surface area contributed by atoms with E-state index in [1.807, 2.05) is 0 Å². The molecule has 0 radical (unpaired) electrons. The predicted molar refractivity (Wildman–Crippen MR) is 194 cm³/mol. The molecule has 0 bridgehead atoms. The van der Waals surface area contributed by atoms with Crippen molar-refractivity contribution in [3.8, 4) is 34.5 Å². The van der Waals surface area contributed by atoms with Crippen LogP contribution in [0.5, 0.6) is 34.5 Å². The van der Waals surface area contributed by atoms with E-state index in [-0.39, 0.29) is 0 Å². The third-order valence-electron chi connectivity index (χ3n) is 10.9. The zero-order valence-electron chi connectivity index (χ0n) is 30.4. The Hall–Kier alpha value is -6.12. The van der Waals surface area contributed by atoms with Crippen molar-refractivity contribution in [2.24, 2.45) is 11.8 Å². The number of methoxy groups -OCH3 is 6. The van der Waals surface area contributed by atoms with Crippen LogP contribution in [0.1, 0.15) is 23.2 Å². The van der Waals surface area contributed by atoms with E-state index >= 15 is 0 Å². The van der Waals surface area contributed by atoms with Crippen molar-refractivity contribution in [2.75, 3.05) is 52.5 Å². The molecule has 4 amide bonds. The van der Waals surface area contributed by atoms with Crippen molar-refractivity contribution in [1.82, 2.24) is 10.0 Å². The van der Waals surface area contributed by atoms with E-state index in [2.05, 4.69) is 0 Å². The molecule has 0 spiro atoms. The van der Waals surface area contributed by atoms with Gasteiger partial charge in [0.05, 0.1) is 78.0 Å². The highest BCUT2D eigenvalue weighted by atomic mass is 16.5. The van der Waals surface area contributed by atoms with Crippen molar-refractivity contribution in [3.63, 3.8) is 0 Å². The fourth-order valence-electron chi connectivity index (χ4n) is 8.55. The number of hydrazine groups is 1. The van der Waals surface area contributed by atoms with Crippen LogP contribution < -0.4 is 38.2 Å². The van der Waals surface area contributed by atoms with Crippen molar-refractivity contribution in [1.29, 1.82) is 0 Å². The molecule has 14 nitrogen and oxygen atoms in total. The summed E-state index contributed by atoms with van der Waals surface area (Å²) in [7, 11) is 9.12. The van der Waals surface area contributed by atoms with E-state index < -0.39 is 59.6 Å². The number of benzene rings is 4. The van der Waals surface area contributed by atoms with Crippen LogP contribution in [-0.2, 0) is 19.2 Å². The highest BCUT2D eigenvalue weighted by molar-refractivity contribution is 6.26. The maximum Gasteiger partial charge on any atom is 0.253 e. The number of nitrogens with zero attached hydrogens (tertiary/aromatic N) is 4. The SMILES string of the molecule is COc1ccc(N2C(=O)C3C(C2=O)N2C(c4ccc(OC)cc4OC)C4C(=O)N(c5ccc(OC)cc5)C(=O)C4N2C3c2ccc(OC)cc2OC)cc1. The summed E-state index contributed by atoms with van der Waals surface area (Å²) in [5.41, 5.74) is 1.81. The second-order valence-electron chi connectivity index (χ2n) is 13.2. The molecule has 54 heavy (non-hydrogen) atoms. The van der Waals surface area contributed by atoms with Gasteiger partial charge in [0.1, 0.15) is 46.6 Å². The van der Waals surface area contributed by atoms with Gasteiger partial charge in [-0.15, -0.1) is 0 Å². The van der Waals surface area contributed by atoms with Crippen LogP contribution >= 0.6 is 0 Å². The predicted octanol–water partition coefficient (Wildman–Crippen LogP) is 4.18. The lowest BCUT2D eigenvalue weighted by molar-refractivity contribution is -0.136. The molecule has 4 heterocycles. The van der Waals surface area contributed by atoms with Gasteiger partial charge in [-0.1, -0.05) is 0 Å². The number of carbonyl (C=O) groups excluding carboxylic acids is 4. The van der Waals surface area contributed by atoms with Crippen molar-refractivity contribution < 1.29 is 47.6 Å². The van der Waals surface area contributed by atoms with Gasteiger partial charge in [-0.05, 0) is 72.8 Å². The summed E-state index contributed by atoms with van der Waals surface area (Å²) in [4.78, 5) is 61.9. The van der Waals surface area contributed by atoms with Crippen LogP contribution in [0.25, 0.3) is 0 Å². The van der Waals surface area contributed by atoms with Crippen LogP contribution in [0, 0.1) is 11.8 Å². The maximum absolute atomic E-state index is 14.9. The van der Waals surface area contributed by atoms with E-state index in [0.29, 0.717) is 57.0 Å². The minimum atomic E-state index is -1.12. The summed E-state index contributed by atoms with van der Waals surface area (Å²) >= 11 is 0. The van der Waals surface area contributed by atoms with E-state index in [1.54, 1.807) is 94.9 Å². The van der Waals surface area contributed by atoms with Crippen LogP contribution in [0.15, 0.2) is 84.9 Å². The Bertz CT molecular complexity index is 2010. The van der Waals surface area contributed by atoms with Gasteiger partial charge in [0.15, 0.2) is 0 Å². The average molecular weight is 735 g/mol. The first-order chi connectivity index (χ1) is 26.2. The molecule has 4 aliphatic heterocycles. The van der Waals surface area contributed by atoms with Crippen LogP contribution in [0.2, 0.25) is 0 Å². The molecule has 278 valence electrons. The molecular formula is C40H38N4O10. The van der Waals surface area contributed by atoms with E-state index in [0.717, 1.165) is 0 Å². The summed E-state index contributed by atoms with van der Waals surface area (Å²) < 4.78 is 33.4. The number of imide groups is 2. The lowest BCUT2D eigenvalue weighted by Crippen LogP contribution is -2.50. The molecule has 8 rings (SSSR count). The fraction of sp³-hybridized carbons (Fsp3) is 0.300. The van der Waals surface area contributed by atoms with Gasteiger partial charge in [0.2, 0.25) is 11.8 Å². The maximum atomic E-state index is 14.9. The number of hydrogen-bond acceptors (Lipinski definition) is 12. The molecule has 0 aromatic heterocycles. The van der Waals surface area contributed by atoms with Crippen molar-refractivity contribution in [3.05, 3.63) is 96.1 Å². The summed E-state index contributed by atoms with van der Waals surface area (Å²) in [5, 5.41) is 3.53. The Morgan fingerprint density at radius 2 is 0.722 bits per heavy atom. The fourth-order valence-corrected chi connectivity index (χ4v) is 8.55. The van der Waals surface area contributed by atoms with E-state index in [9.17, 15) is 19.2 Å². The largest absolute Gasteiger partial charge is 0.497 e. The molecule has 6 atom stereocenters. The van der Waals surface area contributed by atoms with Crippen LogP contribution in [0.4, 0.5) is 11.4 Å². The molecule has 4 aliphatic rings. The molecule has 4 fully saturated rings. The Balaban J connectivity index is 1.36. The molecule has 0 saturated carbocycles. The first-order valence-electron chi connectivity index (χ1n) is 17.2. The number of amides is 4.